The molecular weight excluding hydrogens is 72.1 g/mol. The van der Waals surface area contributed by atoms with Crippen LogP contribution in [0.2, 0.25) is 0 Å². The van der Waals surface area contributed by atoms with Crippen LogP contribution in [0.5, 0.6) is 0 Å². The Hall–Kier alpha value is -0.520. The summed E-state index contributed by atoms with van der Waals surface area (Å²) in [5.74, 6) is 0. The van der Waals surface area contributed by atoms with E-state index < -0.39 is 0 Å². The summed E-state index contributed by atoms with van der Waals surface area (Å²) in [6.45, 7) is 8.48. The van der Waals surface area contributed by atoms with Crippen molar-refractivity contribution >= 4 is 0 Å². The van der Waals surface area contributed by atoms with Crippen molar-refractivity contribution in [1.29, 1.82) is 0 Å². The normalized spacial score (nSPS) is 7.33. The Morgan fingerprint density at radius 3 is 2.50 bits per heavy atom. The smallest absolute Gasteiger partial charge is 0.0136 e. The number of unbranched alkanes of at least 4 members (excludes halogenated alkanes) is 1. The zero-order valence-corrected chi connectivity index (χ0v) is 3.72. The van der Waals surface area contributed by atoms with E-state index >= 15 is 0 Å². The molecule has 0 aromatic carbocycles. The Labute approximate surface area is 39.2 Å². The molecule has 0 nitrogen and oxygen atoms in total. The fourth-order valence-corrected chi connectivity index (χ4v) is 0.175. The maximum atomic E-state index is 5.01. The molecule has 0 atom stereocenters. The van der Waals surface area contributed by atoms with Crippen LogP contribution in [0.25, 0.3) is 0 Å². The van der Waals surface area contributed by atoms with Gasteiger partial charge in [-0.25, -0.2) is 0 Å². The molecule has 0 N–H and O–H groups in total. The van der Waals surface area contributed by atoms with E-state index in [0.717, 1.165) is 6.42 Å². The zero-order valence-electron chi connectivity index (χ0n) is 3.72. The molecule has 0 heteroatoms. The van der Waals surface area contributed by atoms with Gasteiger partial charge in [0.25, 0.3) is 0 Å². The lowest BCUT2D eigenvalue weighted by atomic mass is 10.3. The predicted molar refractivity (Wildman–Crippen MR) is 28.0 cm³/mol. The Bertz CT molecular complexity index is 36.0. The highest BCUT2D eigenvalue weighted by molar-refractivity contribution is 4.90. The van der Waals surface area contributed by atoms with Gasteiger partial charge in [-0.1, -0.05) is 18.7 Å². The summed E-state index contributed by atoms with van der Waals surface area (Å²) >= 11 is 0. The van der Waals surface area contributed by atoms with Crippen molar-refractivity contribution in [2.45, 2.75) is 6.42 Å². The summed E-state index contributed by atoms with van der Waals surface area (Å²) in [6.07, 6.45) is 6.02. The Morgan fingerprint density at radius 2 is 2.33 bits per heavy atom. The molecule has 6 heavy (non-hydrogen) atoms. The van der Waals surface area contributed by atoms with Crippen LogP contribution in [0.15, 0.2) is 18.7 Å². The molecule has 0 rings (SSSR count). The quantitative estimate of drug-likeness (QED) is 0.453. The molecule has 0 aliphatic rings. The van der Waals surface area contributed by atoms with E-state index in [2.05, 4.69) is 6.58 Å². The van der Waals surface area contributed by atoms with Gasteiger partial charge in [-0.15, -0.1) is 6.58 Å². The van der Waals surface area contributed by atoms with Gasteiger partial charge >= 0.3 is 0 Å². The first-order valence-corrected chi connectivity index (χ1v) is 1.89. The highest BCUT2D eigenvalue weighted by Gasteiger charge is 1.67. The summed E-state index contributed by atoms with van der Waals surface area (Å²) in [5, 5.41) is 0. The van der Waals surface area contributed by atoms with Gasteiger partial charge in [0.1, 0.15) is 0 Å². The van der Waals surface area contributed by atoms with Gasteiger partial charge < -0.3 is 0 Å². The SMILES string of the molecule is [CH]=CC[CH]C=C. The second kappa shape index (κ2) is 4.48. The molecule has 0 spiro atoms. The minimum atomic E-state index is 0.823. The Kier molecular flexibility index (Phi) is 4.09. The van der Waals surface area contributed by atoms with Gasteiger partial charge in [0.15, 0.2) is 0 Å². The van der Waals surface area contributed by atoms with E-state index in [9.17, 15) is 0 Å². The predicted octanol–water partition coefficient (Wildman–Crippen LogP) is 1.76. The van der Waals surface area contributed by atoms with Crippen molar-refractivity contribution in [1.82, 2.24) is 0 Å². The number of allylic oxidation sites excluding steroid dienone is 2. The number of hydrogen-bond donors (Lipinski definition) is 0. The number of rotatable bonds is 3. The highest BCUT2D eigenvalue weighted by atomic mass is 13.7. The Balaban J connectivity index is 2.66. The van der Waals surface area contributed by atoms with Gasteiger partial charge in [-0.3, -0.25) is 0 Å². The van der Waals surface area contributed by atoms with Crippen molar-refractivity contribution in [3.05, 3.63) is 31.7 Å². The molecule has 0 saturated carbocycles. The topological polar surface area (TPSA) is 0 Å². The van der Waals surface area contributed by atoms with Gasteiger partial charge in [0.2, 0.25) is 0 Å². The van der Waals surface area contributed by atoms with E-state index in [1.54, 1.807) is 12.2 Å². The van der Waals surface area contributed by atoms with Crippen LogP contribution in [-0.2, 0) is 0 Å². The third-order valence-corrected chi connectivity index (χ3v) is 0.439. The summed E-state index contributed by atoms with van der Waals surface area (Å²) in [6, 6.07) is 0. The first kappa shape index (κ1) is 5.48. The van der Waals surface area contributed by atoms with Crippen molar-refractivity contribution in [3.8, 4) is 0 Å². The molecule has 0 fully saturated rings. The Morgan fingerprint density at radius 1 is 1.67 bits per heavy atom. The lowest BCUT2D eigenvalue weighted by Crippen LogP contribution is -1.58. The molecule has 0 aliphatic heterocycles. The minimum Gasteiger partial charge on any atom is -0.103 e. The van der Waals surface area contributed by atoms with Crippen LogP contribution in [0.4, 0.5) is 0 Å². The van der Waals surface area contributed by atoms with Crippen molar-refractivity contribution < 1.29 is 0 Å². The van der Waals surface area contributed by atoms with Gasteiger partial charge in [-0.2, -0.15) is 0 Å². The van der Waals surface area contributed by atoms with E-state index in [0.29, 0.717) is 0 Å². The first-order chi connectivity index (χ1) is 2.91. The molecular formula is C6H8. The fourth-order valence-electron chi connectivity index (χ4n) is 0.175. The monoisotopic (exact) mass is 80.1 g/mol. The standard InChI is InChI=1S/C6H8/c1-3-5-6-4-2/h1,3-4,6H,2,5H2. The first-order valence-electron chi connectivity index (χ1n) is 1.89. The second-order valence-corrected chi connectivity index (χ2v) is 0.943. The van der Waals surface area contributed by atoms with Crippen molar-refractivity contribution in [2.24, 2.45) is 0 Å². The molecule has 0 saturated heterocycles. The lowest BCUT2D eigenvalue weighted by Gasteiger charge is -1.75. The van der Waals surface area contributed by atoms with Gasteiger partial charge in [0, 0.05) is 0 Å². The largest absolute Gasteiger partial charge is 0.103 e. The average Bonchev–Trinajstić information content (AvgIpc) is 1.61. The molecule has 0 amide bonds. The van der Waals surface area contributed by atoms with Crippen molar-refractivity contribution in [3.63, 3.8) is 0 Å². The van der Waals surface area contributed by atoms with Crippen LogP contribution < -0.4 is 0 Å². The molecule has 0 aromatic heterocycles. The molecule has 32 valence electrons. The molecule has 2 radical (unpaired) electrons. The van der Waals surface area contributed by atoms with Crippen LogP contribution in [0.1, 0.15) is 6.42 Å². The zero-order chi connectivity index (χ0) is 4.83. The molecule has 0 bridgehead atoms. The lowest BCUT2D eigenvalue weighted by molar-refractivity contribution is 1.30. The molecule has 0 aromatic rings. The van der Waals surface area contributed by atoms with E-state index in [-0.39, 0.29) is 0 Å². The number of hydrogen-bond acceptors (Lipinski definition) is 0. The molecule has 0 aliphatic carbocycles. The molecule has 0 unspecified atom stereocenters. The van der Waals surface area contributed by atoms with Crippen LogP contribution in [0, 0.1) is 13.0 Å². The minimum absolute atomic E-state index is 0.823. The third-order valence-electron chi connectivity index (χ3n) is 0.439. The van der Waals surface area contributed by atoms with E-state index in [1.165, 1.54) is 0 Å². The average molecular weight is 80.1 g/mol. The van der Waals surface area contributed by atoms with Crippen molar-refractivity contribution in [2.75, 3.05) is 0 Å². The summed E-state index contributed by atoms with van der Waals surface area (Å²) in [5.41, 5.74) is 0. The van der Waals surface area contributed by atoms with Gasteiger partial charge in [-0.05, 0) is 12.8 Å². The highest BCUT2D eigenvalue weighted by Crippen LogP contribution is 1.84. The van der Waals surface area contributed by atoms with Crippen LogP contribution in [0.3, 0.4) is 0 Å². The van der Waals surface area contributed by atoms with E-state index in [1.807, 2.05) is 6.42 Å². The molecule has 0 heterocycles. The third kappa shape index (κ3) is 3.48. The van der Waals surface area contributed by atoms with E-state index in [4.69, 9.17) is 6.58 Å². The summed E-state index contributed by atoms with van der Waals surface area (Å²) < 4.78 is 0. The summed E-state index contributed by atoms with van der Waals surface area (Å²) in [4.78, 5) is 0. The van der Waals surface area contributed by atoms with Crippen LogP contribution >= 0.6 is 0 Å². The maximum Gasteiger partial charge on any atom is -0.0136 e. The fraction of sp³-hybridized carbons (Fsp3) is 0.167. The van der Waals surface area contributed by atoms with Crippen LogP contribution in [-0.4, -0.2) is 0 Å². The second-order valence-electron chi connectivity index (χ2n) is 0.943. The maximum absolute atomic E-state index is 5.01. The summed E-state index contributed by atoms with van der Waals surface area (Å²) in [7, 11) is 0. The van der Waals surface area contributed by atoms with Gasteiger partial charge in [0.05, 0.1) is 0 Å².